The van der Waals surface area contributed by atoms with Gasteiger partial charge in [0.25, 0.3) is 0 Å². The van der Waals surface area contributed by atoms with E-state index in [1.54, 1.807) is 25.3 Å². The normalized spacial score (nSPS) is 14.7. The van der Waals surface area contributed by atoms with Gasteiger partial charge in [0.05, 0.1) is 19.4 Å². The number of nitrogens with two attached hydrogens (primary N) is 1. The highest BCUT2D eigenvalue weighted by Crippen LogP contribution is 2.40. The van der Waals surface area contributed by atoms with Crippen molar-refractivity contribution in [2.24, 2.45) is 10.7 Å². The van der Waals surface area contributed by atoms with Crippen LogP contribution in [0.25, 0.3) is 10.8 Å². The first kappa shape index (κ1) is 24.4. The fourth-order valence-electron chi connectivity index (χ4n) is 4.18. The van der Waals surface area contributed by atoms with Crippen LogP contribution >= 0.6 is 0 Å². The molecule has 2 heterocycles. The molecule has 4 rings (SSSR count). The Balaban J connectivity index is 0.00000306. The van der Waals surface area contributed by atoms with E-state index in [0.29, 0.717) is 29.9 Å². The Morgan fingerprint density at radius 1 is 1.15 bits per heavy atom. The molecule has 8 heteroatoms. The van der Waals surface area contributed by atoms with E-state index in [4.69, 9.17) is 19.6 Å². The van der Waals surface area contributed by atoms with Crippen molar-refractivity contribution in [3.05, 3.63) is 48.7 Å². The molecule has 0 spiro atoms. The summed E-state index contributed by atoms with van der Waals surface area (Å²) in [4.78, 5) is 8.51. The number of hydrogen-bond acceptors (Lipinski definition) is 5. The lowest BCUT2D eigenvalue weighted by molar-refractivity contribution is 0.205. The van der Waals surface area contributed by atoms with E-state index >= 15 is 0 Å². The van der Waals surface area contributed by atoms with Gasteiger partial charge in [0, 0.05) is 30.4 Å². The molecular formula is C25H34N4O4. The Morgan fingerprint density at radius 3 is 2.70 bits per heavy atom. The molecule has 178 valence electrons. The number of hydrogen-bond donors (Lipinski definition) is 1. The fraction of sp³-hybridized carbons (Fsp3) is 0.400. The van der Waals surface area contributed by atoms with Gasteiger partial charge in [-0.15, -0.1) is 0 Å². The summed E-state index contributed by atoms with van der Waals surface area (Å²) in [5.74, 6) is 2.29. The number of fused-ring (bicyclic) bond motifs is 1. The Bertz CT molecular complexity index is 1060. The Labute approximate surface area is 194 Å². The van der Waals surface area contributed by atoms with Crippen molar-refractivity contribution in [3.63, 3.8) is 0 Å². The van der Waals surface area contributed by atoms with Crippen LogP contribution in [0.3, 0.4) is 0 Å². The zero-order valence-electron chi connectivity index (χ0n) is 19.4. The molecule has 0 amide bonds. The van der Waals surface area contributed by atoms with Crippen LogP contribution in [0.1, 0.15) is 25.7 Å². The molecule has 0 bridgehead atoms. The van der Waals surface area contributed by atoms with Gasteiger partial charge in [0.1, 0.15) is 17.8 Å². The van der Waals surface area contributed by atoms with Gasteiger partial charge in [0.15, 0.2) is 0 Å². The highest BCUT2D eigenvalue weighted by atomic mass is 16.5. The van der Waals surface area contributed by atoms with Crippen molar-refractivity contribution in [2.45, 2.75) is 25.7 Å². The molecule has 1 aromatic heterocycles. The molecule has 3 aromatic rings. The molecule has 1 aliphatic rings. The van der Waals surface area contributed by atoms with E-state index in [2.05, 4.69) is 9.89 Å². The number of benzene rings is 2. The van der Waals surface area contributed by atoms with Gasteiger partial charge in [-0.2, -0.15) is 0 Å². The van der Waals surface area contributed by atoms with Crippen LogP contribution in [0.5, 0.6) is 11.5 Å². The summed E-state index contributed by atoms with van der Waals surface area (Å²) in [5.41, 5.74) is 7.04. The quantitative estimate of drug-likeness (QED) is 0.314. The van der Waals surface area contributed by atoms with E-state index in [1.165, 1.54) is 32.4 Å². The number of methoxy groups -OCH3 is 1. The standard InChI is InChI=1S/C25H32N4O3.H2O/c1-27-25(26)29(24-21-10-5-4-9-19(21)18-32-24)22-17-20(11-12-23(22)30-2)31-16-8-15-28-13-6-3-7-14-28;/h4-5,9-12,17-18H,3,6-8,13-16H2,1-2H3,(H2,26,27);1H2. The molecule has 1 fully saturated rings. The average Bonchev–Trinajstić information content (AvgIpc) is 3.26. The summed E-state index contributed by atoms with van der Waals surface area (Å²) in [5, 5.41) is 1.93. The molecule has 1 saturated heterocycles. The van der Waals surface area contributed by atoms with E-state index in [-0.39, 0.29) is 5.48 Å². The summed E-state index contributed by atoms with van der Waals surface area (Å²) in [6, 6.07) is 13.7. The van der Waals surface area contributed by atoms with Gasteiger partial charge in [-0.1, -0.05) is 24.6 Å². The molecular weight excluding hydrogens is 420 g/mol. The minimum absolute atomic E-state index is 0. The van der Waals surface area contributed by atoms with Crippen LogP contribution in [0.4, 0.5) is 11.6 Å². The third-order valence-electron chi connectivity index (χ3n) is 5.88. The molecule has 0 saturated carbocycles. The lowest BCUT2D eigenvalue weighted by Crippen LogP contribution is -2.33. The number of likely N-dealkylation sites (tertiary alicyclic amines) is 1. The predicted octanol–water partition coefficient (Wildman–Crippen LogP) is 3.95. The topological polar surface area (TPSA) is 108 Å². The number of aliphatic imine (C=N–C) groups is 1. The predicted molar refractivity (Wildman–Crippen MR) is 133 cm³/mol. The third kappa shape index (κ3) is 5.58. The molecule has 0 atom stereocenters. The van der Waals surface area contributed by atoms with Crippen LogP contribution in [0.2, 0.25) is 0 Å². The van der Waals surface area contributed by atoms with Gasteiger partial charge < -0.3 is 30.0 Å². The lowest BCUT2D eigenvalue weighted by Gasteiger charge is -2.26. The second-order valence-electron chi connectivity index (χ2n) is 7.98. The molecule has 8 nitrogen and oxygen atoms in total. The second kappa shape index (κ2) is 11.6. The zero-order chi connectivity index (χ0) is 22.3. The first-order valence-corrected chi connectivity index (χ1v) is 11.2. The van der Waals surface area contributed by atoms with Crippen molar-refractivity contribution in [1.82, 2.24) is 4.90 Å². The van der Waals surface area contributed by atoms with Crippen LogP contribution < -0.4 is 20.1 Å². The summed E-state index contributed by atoms with van der Waals surface area (Å²) in [7, 11) is 3.29. The van der Waals surface area contributed by atoms with Crippen molar-refractivity contribution in [2.75, 3.05) is 45.3 Å². The number of anilines is 2. The SMILES string of the molecule is CN=C(N)N(c1cc(OCCCN2CCCCC2)ccc1OC)c1occ2ccccc12.O. The first-order valence-electron chi connectivity index (χ1n) is 11.2. The second-order valence-corrected chi connectivity index (χ2v) is 7.98. The highest BCUT2D eigenvalue weighted by molar-refractivity contribution is 6.08. The van der Waals surface area contributed by atoms with E-state index in [1.807, 2.05) is 42.5 Å². The monoisotopic (exact) mass is 454 g/mol. The van der Waals surface area contributed by atoms with E-state index in [0.717, 1.165) is 29.5 Å². The molecule has 0 aliphatic carbocycles. The Hall–Kier alpha value is -3.23. The van der Waals surface area contributed by atoms with Gasteiger partial charge in [-0.3, -0.25) is 4.99 Å². The van der Waals surface area contributed by atoms with E-state index < -0.39 is 0 Å². The molecule has 0 unspecified atom stereocenters. The number of piperidine rings is 1. The smallest absolute Gasteiger partial charge is 0.214 e. The molecule has 1 aliphatic heterocycles. The van der Waals surface area contributed by atoms with Gasteiger partial charge >= 0.3 is 0 Å². The number of furan rings is 1. The van der Waals surface area contributed by atoms with Crippen molar-refractivity contribution in [3.8, 4) is 11.5 Å². The molecule has 33 heavy (non-hydrogen) atoms. The van der Waals surface area contributed by atoms with Crippen LogP contribution in [-0.2, 0) is 0 Å². The number of ether oxygens (including phenoxy) is 2. The first-order chi connectivity index (χ1) is 15.7. The highest BCUT2D eigenvalue weighted by Gasteiger charge is 2.23. The summed E-state index contributed by atoms with van der Waals surface area (Å²) in [6.45, 7) is 4.13. The van der Waals surface area contributed by atoms with Crippen LogP contribution in [0, 0.1) is 0 Å². The summed E-state index contributed by atoms with van der Waals surface area (Å²) >= 11 is 0. The van der Waals surface area contributed by atoms with Crippen molar-refractivity contribution < 1.29 is 19.4 Å². The maximum Gasteiger partial charge on any atom is 0.214 e. The largest absolute Gasteiger partial charge is 0.495 e. The maximum absolute atomic E-state index is 6.32. The fourth-order valence-corrected chi connectivity index (χ4v) is 4.18. The Morgan fingerprint density at radius 2 is 1.94 bits per heavy atom. The lowest BCUT2D eigenvalue weighted by atomic mass is 10.1. The van der Waals surface area contributed by atoms with Gasteiger partial charge in [-0.05, 0) is 50.6 Å². The maximum atomic E-state index is 6.32. The van der Waals surface area contributed by atoms with Gasteiger partial charge in [-0.25, -0.2) is 4.90 Å². The number of rotatable bonds is 8. The molecule has 2 aromatic carbocycles. The van der Waals surface area contributed by atoms with Gasteiger partial charge in [0.2, 0.25) is 11.8 Å². The van der Waals surface area contributed by atoms with Crippen LogP contribution in [-0.4, -0.2) is 56.7 Å². The zero-order valence-corrected chi connectivity index (χ0v) is 19.4. The third-order valence-corrected chi connectivity index (χ3v) is 5.88. The van der Waals surface area contributed by atoms with Crippen LogP contribution in [0.15, 0.2) is 58.1 Å². The van der Waals surface area contributed by atoms with E-state index in [9.17, 15) is 0 Å². The molecule has 0 radical (unpaired) electrons. The minimum atomic E-state index is 0. The minimum Gasteiger partial charge on any atom is -0.495 e. The Kier molecular flexibility index (Phi) is 8.57. The summed E-state index contributed by atoms with van der Waals surface area (Å²) < 4.78 is 17.6. The number of guanidine groups is 1. The van der Waals surface area contributed by atoms with Crippen molar-refractivity contribution in [1.29, 1.82) is 0 Å². The number of nitrogens with zero attached hydrogens (tertiary/aromatic N) is 3. The van der Waals surface area contributed by atoms with Crippen molar-refractivity contribution >= 4 is 28.3 Å². The average molecular weight is 455 g/mol. The summed E-state index contributed by atoms with van der Waals surface area (Å²) in [6.07, 6.45) is 6.68. The molecule has 4 N–H and O–H groups in total.